The van der Waals surface area contributed by atoms with Gasteiger partial charge >= 0.3 is 12.0 Å². The molecule has 1 saturated heterocycles. The summed E-state index contributed by atoms with van der Waals surface area (Å²) in [4.78, 5) is 11.7. The summed E-state index contributed by atoms with van der Waals surface area (Å²) in [5.41, 5.74) is -2.22. The van der Waals surface area contributed by atoms with E-state index in [0.29, 0.717) is 17.3 Å². The molecule has 3 rings (SSSR count). The lowest BCUT2D eigenvalue weighted by Gasteiger charge is -2.49. The first-order valence-corrected chi connectivity index (χ1v) is 7.46. The summed E-state index contributed by atoms with van der Waals surface area (Å²) in [5, 5.41) is 2.25. The zero-order valence-corrected chi connectivity index (χ0v) is 12.8. The Kier molecular flexibility index (Phi) is 3.52. The first-order chi connectivity index (χ1) is 10.2. The van der Waals surface area contributed by atoms with Gasteiger partial charge in [0.15, 0.2) is 0 Å². The van der Waals surface area contributed by atoms with E-state index in [1.807, 2.05) is 0 Å². The van der Waals surface area contributed by atoms with Crippen LogP contribution < -0.4 is 5.32 Å². The summed E-state index contributed by atoms with van der Waals surface area (Å²) < 4.78 is 60.4. The van der Waals surface area contributed by atoms with E-state index < -0.39 is 36.0 Å². The van der Waals surface area contributed by atoms with Crippen molar-refractivity contribution >= 4 is 21.8 Å². The first-order valence-electron chi connectivity index (χ1n) is 6.67. The number of carbonyl (C=O) groups is 1. The van der Waals surface area contributed by atoms with Crippen molar-refractivity contribution < 1.29 is 27.1 Å². The van der Waals surface area contributed by atoms with Crippen LogP contribution in [0.4, 0.5) is 17.6 Å². The van der Waals surface area contributed by atoms with Gasteiger partial charge in [-0.1, -0.05) is 28.1 Å². The van der Waals surface area contributed by atoms with E-state index in [1.165, 1.54) is 18.2 Å². The first kappa shape index (κ1) is 15.7. The highest BCUT2D eigenvalue weighted by Gasteiger charge is 2.76. The van der Waals surface area contributed by atoms with Gasteiger partial charge in [0.05, 0.1) is 0 Å². The molecule has 1 aliphatic carbocycles. The molecule has 1 saturated carbocycles. The largest absolute Gasteiger partial charge is 0.451 e. The fraction of sp³-hybridized carbons (Fsp3) is 0.500. The standard InChI is InChI=1S/C14H12BrF4NO2/c15-10-3-1-2-9(6-10)12(8-4-5-8)13(16,14(17,18)19)22-7-11(21)20-12/h1-3,6,8H,4-5,7H2,(H,20,21). The summed E-state index contributed by atoms with van der Waals surface area (Å²) >= 11 is 3.17. The normalized spacial score (nSPS) is 32.7. The van der Waals surface area contributed by atoms with E-state index in [4.69, 9.17) is 0 Å². The highest BCUT2D eigenvalue weighted by Crippen LogP contribution is 2.59. The van der Waals surface area contributed by atoms with Crippen molar-refractivity contribution in [1.29, 1.82) is 0 Å². The van der Waals surface area contributed by atoms with Crippen molar-refractivity contribution in [3.8, 4) is 0 Å². The average Bonchev–Trinajstić information content (AvgIpc) is 3.25. The number of ether oxygens (including phenoxy) is 1. The Labute approximate surface area is 132 Å². The third-order valence-electron chi connectivity index (χ3n) is 4.08. The minimum atomic E-state index is -5.27. The van der Waals surface area contributed by atoms with Crippen LogP contribution in [-0.4, -0.2) is 24.5 Å². The Morgan fingerprint density at radius 3 is 2.55 bits per heavy atom. The van der Waals surface area contributed by atoms with E-state index in [9.17, 15) is 18.0 Å². The molecule has 1 aliphatic heterocycles. The van der Waals surface area contributed by atoms with Gasteiger partial charge in [-0.2, -0.15) is 17.6 Å². The van der Waals surface area contributed by atoms with E-state index in [2.05, 4.69) is 26.0 Å². The molecule has 0 radical (unpaired) electrons. The second-order valence-corrected chi connectivity index (χ2v) is 6.44. The average molecular weight is 382 g/mol. The fourth-order valence-corrected chi connectivity index (χ4v) is 3.43. The second-order valence-electron chi connectivity index (χ2n) is 5.52. The lowest BCUT2D eigenvalue weighted by molar-refractivity contribution is -0.372. The number of nitrogens with one attached hydrogen (secondary N) is 1. The molecule has 1 aromatic rings. The van der Waals surface area contributed by atoms with Crippen LogP contribution in [0.1, 0.15) is 18.4 Å². The van der Waals surface area contributed by atoms with E-state index in [-0.39, 0.29) is 5.56 Å². The van der Waals surface area contributed by atoms with Gasteiger partial charge in [0, 0.05) is 4.47 Å². The van der Waals surface area contributed by atoms with Gasteiger partial charge in [0.1, 0.15) is 12.1 Å². The van der Waals surface area contributed by atoms with Crippen molar-refractivity contribution in [2.45, 2.75) is 30.4 Å². The maximum atomic E-state index is 15.1. The van der Waals surface area contributed by atoms with Crippen molar-refractivity contribution in [3.05, 3.63) is 34.3 Å². The third kappa shape index (κ3) is 2.15. The van der Waals surface area contributed by atoms with Gasteiger partial charge in [-0.05, 0) is 36.5 Å². The summed E-state index contributed by atoms with van der Waals surface area (Å²) in [6, 6.07) is 5.87. The minimum Gasteiger partial charge on any atom is -0.338 e. The maximum absolute atomic E-state index is 15.1. The highest BCUT2D eigenvalue weighted by atomic mass is 79.9. The molecule has 0 aromatic heterocycles. The van der Waals surface area contributed by atoms with Crippen LogP contribution >= 0.6 is 15.9 Å². The highest BCUT2D eigenvalue weighted by molar-refractivity contribution is 9.10. The van der Waals surface area contributed by atoms with E-state index in [0.717, 1.165) is 0 Å². The Morgan fingerprint density at radius 1 is 1.32 bits per heavy atom. The summed E-state index contributed by atoms with van der Waals surface area (Å²) in [5.74, 6) is -5.39. The molecule has 2 unspecified atom stereocenters. The molecule has 1 aromatic carbocycles. The fourth-order valence-electron chi connectivity index (χ4n) is 3.03. The molecular weight excluding hydrogens is 370 g/mol. The van der Waals surface area contributed by atoms with Gasteiger partial charge in [-0.15, -0.1) is 0 Å². The SMILES string of the molecule is O=C1COC(F)(C(F)(F)F)C(c2cccc(Br)c2)(C2CC2)N1. The topological polar surface area (TPSA) is 38.3 Å². The maximum Gasteiger partial charge on any atom is 0.451 e. The van der Waals surface area contributed by atoms with E-state index >= 15 is 4.39 Å². The Balaban J connectivity index is 2.23. The number of rotatable bonds is 2. The van der Waals surface area contributed by atoms with Gasteiger partial charge in [0.2, 0.25) is 5.91 Å². The number of alkyl halides is 4. The van der Waals surface area contributed by atoms with Crippen molar-refractivity contribution in [1.82, 2.24) is 5.32 Å². The van der Waals surface area contributed by atoms with Crippen molar-refractivity contribution in [3.63, 3.8) is 0 Å². The zero-order chi connectivity index (χ0) is 16.2. The molecule has 1 amide bonds. The number of amides is 1. The molecule has 3 nitrogen and oxygen atoms in total. The van der Waals surface area contributed by atoms with Crippen LogP contribution in [0, 0.1) is 5.92 Å². The quantitative estimate of drug-likeness (QED) is 0.797. The summed E-state index contributed by atoms with van der Waals surface area (Å²) in [6.45, 7) is -0.960. The lowest BCUT2D eigenvalue weighted by atomic mass is 9.76. The van der Waals surface area contributed by atoms with Crippen LogP contribution in [0.15, 0.2) is 28.7 Å². The third-order valence-corrected chi connectivity index (χ3v) is 4.57. The molecule has 22 heavy (non-hydrogen) atoms. The molecule has 8 heteroatoms. The summed E-state index contributed by atoms with van der Waals surface area (Å²) in [6.07, 6.45) is -4.50. The number of benzene rings is 1. The molecule has 1 N–H and O–H groups in total. The van der Waals surface area contributed by atoms with Gasteiger partial charge < -0.3 is 10.1 Å². The predicted molar refractivity (Wildman–Crippen MR) is 72.5 cm³/mol. The number of hydrogen-bond acceptors (Lipinski definition) is 2. The van der Waals surface area contributed by atoms with Crippen LogP contribution in [0.2, 0.25) is 0 Å². The Hall–Kier alpha value is -1.15. The van der Waals surface area contributed by atoms with Crippen molar-refractivity contribution in [2.24, 2.45) is 5.92 Å². The van der Waals surface area contributed by atoms with Crippen LogP contribution in [0.3, 0.4) is 0 Å². The zero-order valence-electron chi connectivity index (χ0n) is 11.2. The molecule has 0 spiro atoms. The minimum absolute atomic E-state index is 0.0391. The smallest absolute Gasteiger partial charge is 0.338 e. The van der Waals surface area contributed by atoms with Gasteiger partial charge in [-0.3, -0.25) is 4.79 Å². The Bertz CT molecular complexity index is 619. The lowest BCUT2D eigenvalue weighted by Crippen LogP contribution is -2.72. The summed E-state index contributed by atoms with van der Waals surface area (Å²) in [7, 11) is 0. The van der Waals surface area contributed by atoms with E-state index in [1.54, 1.807) is 6.07 Å². The molecule has 1 heterocycles. The second kappa shape index (κ2) is 4.92. The number of halogens is 5. The monoisotopic (exact) mass is 381 g/mol. The molecule has 2 aliphatic rings. The van der Waals surface area contributed by atoms with Crippen molar-refractivity contribution in [2.75, 3.05) is 6.61 Å². The molecule has 120 valence electrons. The van der Waals surface area contributed by atoms with Crippen LogP contribution in [-0.2, 0) is 15.1 Å². The number of morpholine rings is 1. The van der Waals surface area contributed by atoms with Crippen LogP contribution in [0.5, 0.6) is 0 Å². The van der Waals surface area contributed by atoms with Gasteiger partial charge in [0.25, 0.3) is 0 Å². The molecule has 0 bridgehead atoms. The van der Waals surface area contributed by atoms with Crippen LogP contribution in [0.25, 0.3) is 0 Å². The van der Waals surface area contributed by atoms with Gasteiger partial charge in [-0.25, -0.2) is 0 Å². The number of hydrogen-bond donors (Lipinski definition) is 1. The molecule has 2 fully saturated rings. The predicted octanol–water partition coefficient (Wildman–Crippen LogP) is 3.43. The Morgan fingerprint density at radius 2 is 2.00 bits per heavy atom. The molecular formula is C14H12BrF4NO2. The number of carbonyl (C=O) groups excluding carboxylic acids is 1. The molecule has 2 atom stereocenters.